The molecule has 2 fully saturated rings. The Balaban J connectivity index is 1.51. The Kier molecular flexibility index (Phi) is 5.26. The molecule has 2 aliphatic rings. The quantitative estimate of drug-likeness (QED) is 0.799. The van der Waals surface area contributed by atoms with E-state index in [0.717, 1.165) is 29.9 Å². The van der Waals surface area contributed by atoms with Crippen molar-refractivity contribution in [3.05, 3.63) is 52.3 Å². The minimum absolute atomic E-state index is 0.00368. The lowest BCUT2D eigenvalue weighted by molar-refractivity contribution is -0.0956. The van der Waals surface area contributed by atoms with E-state index >= 15 is 0 Å². The largest absolute Gasteiger partial charge is 0.350 e. The molecule has 0 aliphatic carbocycles. The van der Waals surface area contributed by atoms with Gasteiger partial charge >= 0.3 is 0 Å². The van der Waals surface area contributed by atoms with Gasteiger partial charge in [-0.25, -0.2) is 0 Å². The second-order valence-corrected chi connectivity index (χ2v) is 7.76. The topological polar surface area (TPSA) is 43.7 Å². The van der Waals surface area contributed by atoms with Crippen molar-refractivity contribution in [1.29, 1.82) is 0 Å². The normalized spacial score (nSPS) is 19.0. The van der Waals surface area contributed by atoms with Gasteiger partial charge in [0.1, 0.15) is 0 Å². The number of amides is 1. The summed E-state index contributed by atoms with van der Waals surface area (Å²) in [6.07, 6.45) is 1.68. The van der Waals surface area contributed by atoms with Gasteiger partial charge in [0.15, 0.2) is 6.29 Å². The van der Waals surface area contributed by atoms with Gasteiger partial charge in [-0.3, -0.25) is 4.79 Å². The molecular formula is C21H25ClN2O3. The van der Waals surface area contributed by atoms with E-state index in [1.54, 1.807) is 0 Å². The summed E-state index contributed by atoms with van der Waals surface area (Å²) in [6, 6.07) is 9.82. The van der Waals surface area contributed by atoms with Crippen LogP contribution in [0.2, 0.25) is 5.02 Å². The molecule has 144 valence electrons. The van der Waals surface area contributed by atoms with Crippen molar-refractivity contribution in [3.63, 3.8) is 0 Å². The van der Waals surface area contributed by atoms with Crippen LogP contribution in [0, 0.1) is 19.8 Å². The standard InChI is InChI=1S/C21H25ClN2O3/c1-14-3-4-15(2)24(14)17-5-6-19(22)18(13-17)20(25)23-9-7-16(8-10-23)21-26-11-12-27-21/h3-6,13,16,21H,7-12H2,1-2H3. The third-order valence-corrected chi connectivity index (χ3v) is 5.90. The van der Waals surface area contributed by atoms with E-state index in [1.807, 2.05) is 23.1 Å². The molecule has 1 aromatic carbocycles. The summed E-state index contributed by atoms with van der Waals surface area (Å²) in [5, 5.41) is 0.496. The van der Waals surface area contributed by atoms with E-state index in [2.05, 4.69) is 30.5 Å². The average Bonchev–Trinajstić information content (AvgIpc) is 3.32. The van der Waals surface area contributed by atoms with Crippen LogP contribution in [0.3, 0.4) is 0 Å². The third kappa shape index (κ3) is 3.64. The molecule has 6 heteroatoms. The zero-order valence-corrected chi connectivity index (χ0v) is 16.5. The van der Waals surface area contributed by atoms with Crippen LogP contribution in [-0.2, 0) is 9.47 Å². The third-order valence-electron chi connectivity index (χ3n) is 5.57. The van der Waals surface area contributed by atoms with Crippen LogP contribution < -0.4 is 0 Å². The molecule has 0 spiro atoms. The average molecular weight is 389 g/mol. The molecule has 0 unspecified atom stereocenters. The lowest BCUT2D eigenvalue weighted by Gasteiger charge is -2.34. The summed E-state index contributed by atoms with van der Waals surface area (Å²) in [5.74, 6) is 0.361. The minimum Gasteiger partial charge on any atom is -0.350 e. The van der Waals surface area contributed by atoms with Gasteiger partial charge in [-0.05, 0) is 57.0 Å². The van der Waals surface area contributed by atoms with Gasteiger partial charge in [0.25, 0.3) is 5.91 Å². The Morgan fingerprint density at radius 2 is 1.67 bits per heavy atom. The summed E-state index contributed by atoms with van der Waals surface area (Å²) in [7, 11) is 0. The number of carbonyl (C=O) groups excluding carboxylic acids is 1. The summed E-state index contributed by atoms with van der Waals surface area (Å²) in [5.41, 5.74) is 3.79. The lowest BCUT2D eigenvalue weighted by atomic mass is 9.95. The Morgan fingerprint density at radius 1 is 1.04 bits per heavy atom. The Labute approximate surface area is 164 Å². The number of hydrogen-bond donors (Lipinski definition) is 0. The smallest absolute Gasteiger partial charge is 0.255 e. The monoisotopic (exact) mass is 388 g/mol. The highest BCUT2D eigenvalue weighted by molar-refractivity contribution is 6.33. The van der Waals surface area contributed by atoms with Crippen molar-refractivity contribution in [2.45, 2.75) is 33.0 Å². The number of rotatable bonds is 3. The van der Waals surface area contributed by atoms with Crippen LogP contribution in [0.5, 0.6) is 0 Å². The predicted molar refractivity (Wildman–Crippen MR) is 105 cm³/mol. The summed E-state index contributed by atoms with van der Waals surface area (Å²) in [4.78, 5) is 15.0. The number of ether oxygens (including phenoxy) is 2. The van der Waals surface area contributed by atoms with Gasteiger partial charge in [0.2, 0.25) is 0 Å². The molecule has 2 aliphatic heterocycles. The molecular weight excluding hydrogens is 364 g/mol. The number of hydrogen-bond acceptors (Lipinski definition) is 3. The first-order valence-corrected chi connectivity index (χ1v) is 9.90. The van der Waals surface area contributed by atoms with Crippen LogP contribution >= 0.6 is 11.6 Å². The molecule has 2 aromatic rings. The summed E-state index contributed by atoms with van der Waals surface area (Å²) >= 11 is 6.39. The summed E-state index contributed by atoms with van der Waals surface area (Å²) in [6.45, 7) is 6.86. The van der Waals surface area contributed by atoms with Crippen LogP contribution in [0.25, 0.3) is 5.69 Å². The van der Waals surface area contributed by atoms with Crippen molar-refractivity contribution >= 4 is 17.5 Å². The Morgan fingerprint density at radius 3 is 2.30 bits per heavy atom. The van der Waals surface area contributed by atoms with Gasteiger partial charge in [0.05, 0.1) is 23.8 Å². The van der Waals surface area contributed by atoms with E-state index in [-0.39, 0.29) is 12.2 Å². The fraction of sp³-hybridized carbons (Fsp3) is 0.476. The number of nitrogens with zero attached hydrogens (tertiary/aromatic N) is 2. The second kappa shape index (κ2) is 7.66. The molecule has 0 saturated carbocycles. The first-order chi connectivity index (χ1) is 13.0. The highest BCUT2D eigenvalue weighted by Gasteiger charge is 2.32. The molecule has 0 N–H and O–H groups in total. The molecule has 1 amide bonds. The minimum atomic E-state index is -0.103. The maximum absolute atomic E-state index is 13.1. The number of halogens is 1. The number of aromatic nitrogens is 1. The number of carbonyl (C=O) groups is 1. The number of piperidine rings is 1. The molecule has 0 radical (unpaired) electrons. The van der Waals surface area contributed by atoms with Crippen molar-refractivity contribution in [1.82, 2.24) is 9.47 Å². The summed E-state index contributed by atoms with van der Waals surface area (Å²) < 4.78 is 13.4. The zero-order valence-electron chi connectivity index (χ0n) is 15.8. The first-order valence-electron chi connectivity index (χ1n) is 9.52. The fourth-order valence-corrected chi connectivity index (χ4v) is 4.28. The number of benzene rings is 1. The molecule has 0 bridgehead atoms. The van der Waals surface area contributed by atoms with E-state index in [9.17, 15) is 4.79 Å². The maximum atomic E-state index is 13.1. The van der Waals surface area contributed by atoms with Crippen molar-refractivity contribution in [3.8, 4) is 5.69 Å². The van der Waals surface area contributed by atoms with Crippen LogP contribution in [0.15, 0.2) is 30.3 Å². The van der Waals surface area contributed by atoms with E-state index < -0.39 is 0 Å². The first kappa shape index (κ1) is 18.5. The number of likely N-dealkylation sites (tertiary alicyclic amines) is 1. The molecule has 3 heterocycles. The van der Waals surface area contributed by atoms with Gasteiger partial charge in [-0.2, -0.15) is 0 Å². The Bertz CT molecular complexity index is 814. The van der Waals surface area contributed by atoms with E-state index in [1.165, 1.54) is 0 Å². The van der Waals surface area contributed by atoms with E-state index in [4.69, 9.17) is 21.1 Å². The van der Waals surface area contributed by atoms with Crippen LogP contribution in [0.4, 0.5) is 0 Å². The van der Waals surface area contributed by atoms with E-state index in [0.29, 0.717) is 42.8 Å². The predicted octanol–water partition coefficient (Wildman–Crippen LogP) is 3.97. The van der Waals surface area contributed by atoms with Crippen molar-refractivity contribution < 1.29 is 14.3 Å². The molecule has 5 nitrogen and oxygen atoms in total. The molecule has 0 atom stereocenters. The highest BCUT2D eigenvalue weighted by atomic mass is 35.5. The zero-order chi connectivity index (χ0) is 19.0. The molecule has 2 saturated heterocycles. The van der Waals surface area contributed by atoms with Crippen molar-refractivity contribution in [2.75, 3.05) is 26.3 Å². The van der Waals surface area contributed by atoms with Gasteiger partial charge in [-0.1, -0.05) is 11.6 Å². The lowest BCUT2D eigenvalue weighted by Crippen LogP contribution is -2.41. The number of aryl methyl sites for hydroxylation is 2. The molecule has 1 aromatic heterocycles. The van der Waals surface area contributed by atoms with Crippen molar-refractivity contribution in [2.24, 2.45) is 5.92 Å². The molecule has 27 heavy (non-hydrogen) atoms. The van der Waals surface area contributed by atoms with Gasteiger partial charge in [0, 0.05) is 36.1 Å². The maximum Gasteiger partial charge on any atom is 0.255 e. The fourth-order valence-electron chi connectivity index (χ4n) is 4.09. The Hall–Kier alpha value is -1.82. The van der Waals surface area contributed by atoms with Crippen LogP contribution in [-0.4, -0.2) is 48.0 Å². The SMILES string of the molecule is Cc1ccc(C)n1-c1ccc(Cl)c(C(=O)N2CCC(C3OCCO3)CC2)c1. The van der Waals surface area contributed by atoms with Crippen LogP contribution in [0.1, 0.15) is 34.6 Å². The van der Waals surface area contributed by atoms with Gasteiger partial charge < -0.3 is 18.9 Å². The highest BCUT2D eigenvalue weighted by Crippen LogP contribution is 2.29. The second-order valence-electron chi connectivity index (χ2n) is 7.36. The van der Waals surface area contributed by atoms with Gasteiger partial charge in [-0.15, -0.1) is 0 Å². The molecule has 4 rings (SSSR count).